The van der Waals surface area contributed by atoms with Gasteiger partial charge in [-0.25, -0.2) is 9.97 Å². The number of rotatable bonds is 3. The molecule has 1 saturated heterocycles. The van der Waals surface area contributed by atoms with Crippen molar-refractivity contribution < 1.29 is 0 Å². The molecule has 1 aliphatic rings. The lowest BCUT2D eigenvalue weighted by Gasteiger charge is -2.34. The number of hydrogen-bond donors (Lipinski definition) is 0. The first-order valence-corrected chi connectivity index (χ1v) is 10.1. The van der Waals surface area contributed by atoms with E-state index in [1.807, 2.05) is 13.8 Å². The summed E-state index contributed by atoms with van der Waals surface area (Å²) in [5, 5.41) is 0. The van der Waals surface area contributed by atoms with Crippen LogP contribution in [-0.2, 0) is 7.05 Å². The van der Waals surface area contributed by atoms with E-state index in [0.717, 1.165) is 41.4 Å². The molecule has 0 radical (unpaired) electrons. The number of hydrogen-bond acceptors (Lipinski definition) is 3. The Morgan fingerprint density at radius 3 is 2.30 bits per heavy atom. The van der Waals surface area contributed by atoms with Gasteiger partial charge in [0.05, 0.1) is 16.7 Å². The van der Waals surface area contributed by atoms with Crippen molar-refractivity contribution in [2.75, 3.05) is 18.0 Å². The third-order valence-electron chi connectivity index (χ3n) is 5.23. The number of nitrogens with zero attached hydrogens (tertiary/aromatic N) is 4. The minimum absolute atomic E-state index is 0.432. The van der Waals surface area contributed by atoms with Crippen LogP contribution in [0.5, 0.6) is 0 Å². The first-order chi connectivity index (χ1) is 13.0. The van der Waals surface area contributed by atoms with Crippen LogP contribution in [0.3, 0.4) is 0 Å². The molecule has 4 heterocycles. The molecule has 4 rings (SSSR count). The average molecular weight is 365 g/mol. The third-order valence-corrected chi connectivity index (χ3v) is 5.23. The zero-order chi connectivity index (χ0) is 19.7. The fourth-order valence-electron chi connectivity index (χ4n) is 3.59. The van der Waals surface area contributed by atoms with Crippen molar-refractivity contribution >= 4 is 16.9 Å². The minimum Gasteiger partial charge on any atom is -0.356 e. The summed E-state index contributed by atoms with van der Waals surface area (Å²) in [5.74, 6) is 1.53. The van der Waals surface area contributed by atoms with Gasteiger partial charge in [0, 0.05) is 37.6 Å². The van der Waals surface area contributed by atoms with E-state index < -0.39 is 0 Å². The maximum absolute atomic E-state index is 5.05. The predicted octanol–water partition coefficient (Wildman–Crippen LogP) is 5.61. The molecule has 0 amide bonds. The van der Waals surface area contributed by atoms with E-state index in [1.54, 1.807) is 0 Å². The lowest BCUT2D eigenvalue weighted by atomic mass is 10.0. The number of aryl methyl sites for hydroxylation is 3. The summed E-state index contributed by atoms with van der Waals surface area (Å²) >= 11 is 0. The van der Waals surface area contributed by atoms with Crippen molar-refractivity contribution in [2.45, 2.75) is 53.9 Å². The molecule has 0 N–H and O–H groups in total. The first kappa shape index (κ1) is 19.4. The van der Waals surface area contributed by atoms with Crippen LogP contribution in [0.1, 0.15) is 56.9 Å². The fourth-order valence-corrected chi connectivity index (χ4v) is 3.59. The summed E-state index contributed by atoms with van der Waals surface area (Å²) in [5.41, 5.74) is 8.07. The lowest BCUT2D eigenvalue weighted by molar-refractivity contribution is 0.607. The number of fused-ring (bicyclic) bond motifs is 1. The predicted molar refractivity (Wildman–Crippen MR) is 116 cm³/mol. The van der Waals surface area contributed by atoms with Gasteiger partial charge in [-0.1, -0.05) is 27.7 Å². The van der Waals surface area contributed by atoms with Crippen LogP contribution in [0.25, 0.3) is 22.3 Å². The van der Waals surface area contributed by atoms with Crippen molar-refractivity contribution in [2.24, 2.45) is 7.05 Å². The Hall–Kier alpha value is -2.36. The molecule has 0 bridgehead atoms. The van der Waals surface area contributed by atoms with Gasteiger partial charge in [0.25, 0.3) is 0 Å². The zero-order valence-electron chi connectivity index (χ0n) is 17.8. The lowest BCUT2D eigenvalue weighted by Crippen LogP contribution is -2.38. The molecule has 3 aromatic heterocycles. The average Bonchev–Trinajstić information content (AvgIpc) is 2.88. The highest BCUT2D eigenvalue weighted by atomic mass is 15.2. The van der Waals surface area contributed by atoms with Gasteiger partial charge in [-0.05, 0) is 55.5 Å². The molecule has 3 aromatic rings. The molecule has 0 saturated carbocycles. The summed E-state index contributed by atoms with van der Waals surface area (Å²) in [7, 11) is 2.08. The van der Waals surface area contributed by atoms with Crippen molar-refractivity contribution in [3.63, 3.8) is 0 Å². The molecule has 0 aromatic carbocycles. The zero-order valence-corrected chi connectivity index (χ0v) is 17.8. The van der Waals surface area contributed by atoms with Crippen molar-refractivity contribution in [1.29, 1.82) is 0 Å². The van der Waals surface area contributed by atoms with Gasteiger partial charge in [0.15, 0.2) is 0 Å². The van der Waals surface area contributed by atoms with E-state index >= 15 is 0 Å². The number of aromatic nitrogens is 3. The molecule has 4 heteroatoms. The third kappa shape index (κ3) is 3.45. The SMILES string of the molecule is CC.Cc1cc2c(nc1-c1ccc(C(C)C)nc1N1CCC1)c(C)cn2C. The largest absolute Gasteiger partial charge is 0.356 e. The van der Waals surface area contributed by atoms with E-state index in [0.29, 0.717) is 5.92 Å². The maximum Gasteiger partial charge on any atom is 0.138 e. The molecule has 0 atom stereocenters. The second-order valence-electron chi connectivity index (χ2n) is 7.55. The Balaban J connectivity index is 0.00000102. The van der Waals surface area contributed by atoms with E-state index in [2.05, 4.69) is 68.6 Å². The van der Waals surface area contributed by atoms with Crippen molar-refractivity contribution in [3.05, 3.63) is 41.2 Å². The first-order valence-electron chi connectivity index (χ1n) is 10.1. The van der Waals surface area contributed by atoms with Gasteiger partial charge >= 0.3 is 0 Å². The molecule has 0 aliphatic carbocycles. The Labute approximate surface area is 163 Å². The Kier molecular flexibility index (Phi) is 5.54. The second kappa shape index (κ2) is 7.71. The summed E-state index contributed by atoms with van der Waals surface area (Å²) in [6.07, 6.45) is 3.40. The van der Waals surface area contributed by atoms with E-state index in [4.69, 9.17) is 9.97 Å². The van der Waals surface area contributed by atoms with Crippen LogP contribution in [0, 0.1) is 13.8 Å². The molecular weight excluding hydrogens is 332 g/mol. The molecule has 27 heavy (non-hydrogen) atoms. The Morgan fingerprint density at radius 1 is 1.00 bits per heavy atom. The molecule has 0 spiro atoms. The van der Waals surface area contributed by atoms with Gasteiger partial charge in [-0.2, -0.15) is 0 Å². The number of anilines is 1. The van der Waals surface area contributed by atoms with Crippen LogP contribution in [0.4, 0.5) is 5.82 Å². The molecule has 1 aliphatic heterocycles. The standard InChI is InChI=1S/C21H26N4.C2H6/c1-13(2)17-8-7-16(21(22-17)25-9-6-10-25)19-14(3)11-18-20(23-19)15(4)12-24(18)5;1-2/h7-8,11-13H,6,9-10H2,1-5H3;1-2H3. The number of pyridine rings is 2. The minimum atomic E-state index is 0.432. The Bertz CT molecular complexity index is 949. The molecule has 144 valence electrons. The van der Waals surface area contributed by atoms with Gasteiger partial charge < -0.3 is 9.47 Å². The van der Waals surface area contributed by atoms with Gasteiger partial charge in [0.2, 0.25) is 0 Å². The van der Waals surface area contributed by atoms with Crippen LogP contribution >= 0.6 is 0 Å². The molecule has 0 unspecified atom stereocenters. The summed E-state index contributed by atoms with van der Waals surface area (Å²) < 4.78 is 2.16. The van der Waals surface area contributed by atoms with Crippen LogP contribution in [0.15, 0.2) is 24.4 Å². The van der Waals surface area contributed by atoms with Gasteiger partial charge in [-0.15, -0.1) is 0 Å². The van der Waals surface area contributed by atoms with E-state index in [-0.39, 0.29) is 0 Å². The highest BCUT2D eigenvalue weighted by Gasteiger charge is 2.23. The highest BCUT2D eigenvalue weighted by Crippen LogP contribution is 2.35. The monoisotopic (exact) mass is 364 g/mol. The molecule has 1 fully saturated rings. The molecular formula is C23H32N4. The molecule has 4 nitrogen and oxygen atoms in total. The van der Waals surface area contributed by atoms with Crippen molar-refractivity contribution in [1.82, 2.24) is 14.5 Å². The van der Waals surface area contributed by atoms with E-state index in [1.165, 1.54) is 23.1 Å². The second-order valence-corrected chi connectivity index (χ2v) is 7.55. The quantitative estimate of drug-likeness (QED) is 0.605. The fraction of sp³-hybridized carbons (Fsp3) is 0.478. The summed E-state index contributed by atoms with van der Waals surface area (Å²) in [6, 6.07) is 6.63. The van der Waals surface area contributed by atoms with Gasteiger partial charge in [-0.3, -0.25) is 0 Å². The smallest absolute Gasteiger partial charge is 0.138 e. The van der Waals surface area contributed by atoms with Crippen LogP contribution in [-0.4, -0.2) is 27.6 Å². The van der Waals surface area contributed by atoms with Crippen molar-refractivity contribution in [3.8, 4) is 11.3 Å². The summed E-state index contributed by atoms with van der Waals surface area (Å²) in [4.78, 5) is 12.4. The van der Waals surface area contributed by atoms with Gasteiger partial charge in [0.1, 0.15) is 5.82 Å². The maximum atomic E-state index is 5.05. The van der Waals surface area contributed by atoms with E-state index in [9.17, 15) is 0 Å². The Morgan fingerprint density at radius 2 is 1.70 bits per heavy atom. The topological polar surface area (TPSA) is 34.0 Å². The highest BCUT2D eigenvalue weighted by molar-refractivity contribution is 5.86. The normalized spacial score (nSPS) is 13.6. The summed E-state index contributed by atoms with van der Waals surface area (Å²) in [6.45, 7) is 14.9. The van der Waals surface area contributed by atoms with Crippen LogP contribution in [0.2, 0.25) is 0 Å². The van der Waals surface area contributed by atoms with Crippen LogP contribution < -0.4 is 4.90 Å².